The summed E-state index contributed by atoms with van der Waals surface area (Å²) in [4.78, 5) is 0. The summed E-state index contributed by atoms with van der Waals surface area (Å²) >= 11 is 0. The fraction of sp³-hybridized carbons (Fsp3) is 0.400. The first-order chi connectivity index (χ1) is 8.74. The van der Waals surface area contributed by atoms with Crippen molar-refractivity contribution < 1.29 is 4.52 Å². The van der Waals surface area contributed by atoms with Crippen LogP contribution in [0.5, 0.6) is 0 Å². The van der Waals surface area contributed by atoms with Crippen molar-refractivity contribution in [3.05, 3.63) is 35.5 Å². The van der Waals surface area contributed by atoms with E-state index in [-0.39, 0.29) is 0 Å². The largest absolute Gasteiger partial charge is 0.367 e. The molecule has 1 aliphatic rings. The second-order valence-corrected chi connectivity index (χ2v) is 5.24. The molecule has 0 amide bonds. The summed E-state index contributed by atoms with van der Waals surface area (Å²) in [6.45, 7) is 2.08. The van der Waals surface area contributed by atoms with E-state index in [1.165, 1.54) is 24.8 Å². The Morgan fingerprint density at radius 3 is 2.89 bits per heavy atom. The normalized spacial score (nSPS) is 15.6. The molecule has 3 heteroatoms. The number of rotatable bonds is 3. The van der Waals surface area contributed by atoms with E-state index in [1.54, 1.807) is 0 Å². The zero-order valence-corrected chi connectivity index (χ0v) is 10.6. The molecular formula is C15H18N2O. The molecule has 0 spiro atoms. The van der Waals surface area contributed by atoms with Crippen molar-refractivity contribution in [3.8, 4) is 11.1 Å². The molecule has 1 fully saturated rings. The van der Waals surface area contributed by atoms with Crippen molar-refractivity contribution in [2.75, 3.05) is 5.73 Å². The Morgan fingerprint density at radius 2 is 2.22 bits per heavy atom. The van der Waals surface area contributed by atoms with Crippen LogP contribution in [0.2, 0.25) is 0 Å². The Balaban J connectivity index is 1.96. The van der Waals surface area contributed by atoms with Crippen LogP contribution in [-0.2, 0) is 6.42 Å². The van der Waals surface area contributed by atoms with Crippen LogP contribution in [-0.4, -0.2) is 5.16 Å². The molecule has 18 heavy (non-hydrogen) atoms. The Hall–Kier alpha value is -1.77. The molecule has 1 aromatic carbocycles. The second kappa shape index (κ2) is 4.48. The zero-order chi connectivity index (χ0) is 12.5. The summed E-state index contributed by atoms with van der Waals surface area (Å²) in [5.74, 6) is 1.20. The summed E-state index contributed by atoms with van der Waals surface area (Å²) in [6.07, 6.45) is 4.95. The van der Waals surface area contributed by atoms with E-state index < -0.39 is 0 Å². The molecule has 2 aromatic rings. The molecule has 1 aromatic heterocycles. The molecule has 0 radical (unpaired) electrons. The van der Waals surface area contributed by atoms with E-state index >= 15 is 0 Å². The van der Waals surface area contributed by atoms with E-state index in [2.05, 4.69) is 30.3 Å². The lowest BCUT2D eigenvalue weighted by atomic mass is 9.81. The highest BCUT2D eigenvalue weighted by Crippen LogP contribution is 2.35. The minimum Gasteiger partial charge on any atom is -0.367 e. The van der Waals surface area contributed by atoms with Gasteiger partial charge in [-0.2, -0.15) is 0 Å². The van der Waals surface area contributed by atoms with Crippen molar-refractivity contribution in [3.63, 3.8) is 0 Å². The van der Waals surface area contributed by atoms with Gasteiger partial charge in [-0.25, -0.2) is 0 Å². The number of aryl methyl sites for hydroxylation is 1. The monoisotopic (exact) mass is 242 g/mol. The highest BCUT2D eigenvalue weighted by Gasteiger charge is 2.23. The van der Waals surface area contributed by atoms with Crippen molar-refractivity contribution in [2.45, 2.75) is 32.6 Å². The smallest absolute Gasteiger partial charge is 0.230 e. The SMILES string of the molecule is Cc1cccc(-c2c(CC3CCC3)noc2N)c1. The lowest BCUT2D eigenvalue weighted by Gasteiger charge is -2.24. The lowest BCUT2D eigenvalue weighted by molar-refractivity contribution is 0.306. The van der Waals surface area contributed by atoms with E-state index in [0.717, 1.165) is 29.2 Å². The van der Waals surface area contributed by atoms with Crippen LogP contribution in [0.15, 0.2) is 28.8 Å². The predicted molar refractivity (Wildman–Crippen MR) is 72.1 cm³/mol. The minimum atomic E-state index is 0.440. The van der Waals surface area contributed by atoms with Crippen LogP contribution >= 0.6 is 0 Å². The fourth-order valence-corrected chi connectivity index (χ4v) is 2.56. The van der Waals surface area contributed by atoms with Gasteiger partial charge in [0, 0.05) is 0 Å². The molecule has 1 heterocycles. The molecule has 0 unspecified atom stereocenters. The number of nitrogens with zero attached hydrogens (tertiary/aromatic N) is 1. The second-order valence-electron chi connectivity index (χ2n) is 5.24. The molecule has 0 aliphatic heterocycles. The molecule has 2 N–H and O–H groups in total. The van der Waals surface area contributed by atoms with E-state index in [9.17, 15) is 0 Å². The first-order valence-electron chi connectivity index (χ1n) is 6.55. The van der Waals surface area contributed by atoms with Gasteiger partial charge in [0.1, 0.15) is 0 Å². The summed E-state index contributed by atoms with van der Waals surface area (Å²) < 4.78 is 5.19. The van der Waals surface area contributed by atoms with Gasteiger partial charge in [-0.05, 0) is 24.8 Å². The third-order valence-electron chi connectivity index (χ3n) is 3.80. The maximum Gasteiger partial charge on any atom is 0.230 e. The van der Waals surface area contributed by atoms with Gasteiger partial charge >= 0.3 is 0 Å². The minimum absolute atomic E-state index is 0.440. The molecule has 3 nitrogen and oxygen atoms in total. The number of anilines is 1. The van der Waals surface area contributed by atoms with Crippen LogP contribution in [0.4, 0.5) is 5.88 Å². The number of nitrogen functional groups attached to an aromatic ring is 1. The number of benzene rings is 1. The first-order valence-corrected chi connectivity index (χ1v) is 6.55. The van der Waals surface area contributed by atoms with Crippen molar-refractivity contribution in [2.24, 2.45) is 5.92 Å². The lowest BCUT2D eigenvalue weighted by Crippen LogP contribution is -2.14. The third kappa shape index (κ3) is 2.01. The van der Waals surface area contributed by atoms with Crippen LogP contribution in [0.25, 0.3) is 11.1 Å². The topological polar surface area (TPSA) is 52.0 Å². The number of hydrogen-bond donors (Lipinski definition) is 1. The molecule has 0 atom stereocenters. The highest BCUT2D eigenvalue weighted by atomic mass is 16.5. The predicted octanol–water partition coefficient (Wildman–Crippen LogP) is 3.57. The Morgan fingerprint density at radius 1 is 1.39 bits per heavy atom. The fourth-order valence-electron chi connectivity index (χ4n) is 2.56. The van der Waals surface area contributed by atoms with E-state index in [0.29, 0.717) is 5.88 Å². The van der Waals surface area contributed by atoms with Crippen molar-refractivity contribution >= 4 is 5.88 Å². The summed E-state index contributed by atoms with van der Waals surface area (Å²) in [5.41, 5.74) is 10.3. The van der Waals surface area contributed by atoms with E-state index in [1.807, 2.05) is 6.07 Å². The van der Waals surface area contributed by atoms with Gasteiger partial charge in [0.25, 0.3) is 0 Å². The van der Waals surface area contributed by atoms with Crippen LogP contribution in [0.3, 0.4) is 0 Å². The van der Waals surface area contributed by atoms with Gasteiger partial charge in [-0.15, -0.1) is 0 Å². The van der Waals surface area contributed by atoms with Gasteiger partial charge in [-0.1, -0.05) is 54.2 Å². The molecule has 1 saturated carbocycles. The number of nitrogens with two attached hydrogens (primary N) is 1. The molecule has 1 aliphatic carbocycles. The Labute approximate surface area is 107 Å². The highest BCUT2D eigenvalue weighted by molar-refractivity contribution is 5.75. The quantitative estimate of drug-likeness (QED) is 0.895. The standard InChI is InChI=1S/C15H18N2O/c1-10-4-2-7-12(8-10)14-13(17-18-15(14)16)9-11-5-3-6-11/h2,4,7-8,11H,3,5-6,9,16H2,1H3. The van der Waals surface area contributed by atoms with Gasteiger partial charge in [0.05, 0.1) is 11.3 Å². The summed E-state index contributed by atoms with van der Waals surface area (Å²) in [7, 11) is 0. The van der Waals surface area contributed by atoms with Crippen LogP contribution < -0.4 is 5.73 Å². The maximum absolute atomic E-state index is 5.93. The average Bonchev–Trinajstić information content (AvgIpc) is 2.65. The van der Waals surface area contributed by atoms with Crippen LogP contribution in [0.1, 0.15) is 30.5 Å². The zero-order valence-electron chi connectivity index (χ0n) is 10.6. The van der Waals surface area contributed by atoms with Gasteiger partial charge < -0.3 is 10.3 Å². The molecule has 94 valence electrons. The summed E-state index contributed by atoms with van der Waals surface area (Å²) in [5, 5.41) is 4.14. The van der Waals surface area contributed by atoms with E-state index in [4.69, 9.17) is 10.3 Å². The van der Waals surface area contributed by atoms with Crippen molar-refractivity contribution in [1.29, 1.82) is 0 Å². The maximum atomic E-state index is 5.93. The molecular weight excluding hydrogens is 224 g/mol. The van der Waals surface area contributed by atoms with Crippen molar-refractivity contribution in [1.82, 2.24) is 5.16 Å². The summed E-state index contributed by atoms with van der Waals surface area (Å²) in [6, 6.07) is 8.33. The average molecular weight is 242 g/mol. The molecule has 3 rings (SSSR count). The van der Waals surface area contributed by atoms with Gasteiger partial charge in [-0.3, -0.25) is 0 Å². The number of hydrogen-bond acceptors (Lipinski definition) is 3. The first kappa shape index (κ1) is 11.3. The number of aromatic nitrogens is 1. The Bertz CT molecular complexity index is 555. The molecule has 0 bridgehead atoms. The Kier molecular flexibility index (Phi) is 2.82. The van der Waals surface area contributed by atoms with Gasteiger partial charge in [0.2, 0.25) is 5.88 Å². The third-order valence-corrected chi connectivity index (χ3v) is 3.80. The van der Waals surface area contributed by atoms with Gasteiger partial charge in [0.15, 0.2) is 0 Å². The van der Waals surface area contributed by atoms with Crippen LogP contribution in [0, 0.1) is 12.8 Å². The molecule has 0 saturated heterocycles.